The molecule has 0 atom stereocenters. The minimum Gasteiger partial charge on any atom is -0.397 e. The van der Waals surface area contributed by atoms with Crippen molar-refractivity contribution in [3.05, 3.63) is 36.0 Å². The Balaban J connectivity index is 0.000000461. The lowest BCUT2D eigenvalue weighted by molar-refractivity contribution is 1.37. The summed E-state index contributed by atoms with van der Waals surface area (Å²) in [6.07, 6.45) is 1.71. The van der Waals surface area contributed by atoms with Gasteiger partial charge in [-0.2, -0.15) is 0 Å². The zero-order chi connectivity index (χ0) is 10.6. The Labute approximate surface area is 84.8 Å². The molecule has 0 saturated carbocycles. The van der Waals surface area contributed by atoms with Gasteiger partial charge in [-0.15, -0.1) is 0 Å². The fraction of sp³-hybridized carbons (Fsp3) is 0.250. The van der Waals surface area contributed by atoms with Gasteiger partial charge in [0, 0.05) is 5.39 Å². The Morgan fingerprint density at radius 3 is 2.50 bits per heavy atom. The van der Waals surface area contributed by atoms with Gasteiger partial charge in [-0.25, -0.2) is 0 Å². The van der Waals surface area contributed by atoms with Crippen LogP contribution in [0.15, 0.2) is 30.5 Å². The first-order valence-electron chi connectivity index (χ1n) is 4.89. The molecule has 1 aromatic heterocycles. The minimum atomic E-state index is 0.758. The fourth-order valence-corrected chi connectivity index (χ4v) is 1.29. The maximum absolute atomic E-state index is 5.72. The lowest BCUT2D eigenvalue weighted by Gasteiger charge is -2.02. The molecule has 2 nitrogen and oxygen atoms in total. The molecule has 1 heterocycles. The number of hydrogen-bond donors (Lipinski definition) is 1. The number of para-hydroxylation sites is 1. The number of fused-ring (bicyclic) bond motifs is 1. The molecule has 2 heteroatoms. The van der Waals surface area contributed by atoms with Crippen LogP contribution in [-0.4, -0.2) is 4.98 Å². The molecule has 0 aliphatic rings. The van der Waals surface area contributed by atoms with Crippen molar-refractivity contribution in [1.82, 2.24) is 4.98 Å². The van der Waals surface area contributed by atoms with Crippen LogP contribution in [0.5, 0.6) is 0 Å². The molecule has 2 N–H and O–H groups in total. The molecule has 1 aromatic carbocycles. The lowest BCUT2D eigenvalue weighted by Crippen LogP contribution is -1.92. The summed E-state index contributed by atoms with van der Waals surface area (Å²) in [5.41, 5.74) is 8.60. The van der Waals surface area contributed by atoms with E-state index in [1.54, 1.807) is 6.20 Å². The highest BCUT2D eigenvalue weighted by molar-refractivity contribution is 5.85. The number of nitrogens with two attached hydrogens (primary N) is 1. The van der Waals surface area contributed by atoms with Crippen LogP contribution >= 0.6 is 0 Å². The lowest BCUT2D eigenvalue weighted by atomic mass is 10.1. The number of nitrogen functional groups attached to an aromatic ring is 1. The summed E-state index contributed by atoms with van der Waals surface area (Å²) < 4.78 is 0. The van der Waals surface area contributed by atoms with Crippen molar-refractivity contribution in [2.75, 3.05) is 5.73 Å². The molecule has 0 amide bonds. The summed E-state index contributed by atoms with van der Waals surface area (Å²) >= 11 is 0. The van der Waals surface area contributed by atoms with Gasteiger partial charge in [0.15, 0.2) is 0 Å². The second-order valence-corrected chi connectivity index (χ2v) is 2.86. The molecule has 0 fully saturated rings. The molecule has 0 saturated heterocycles. The van der Waals surface area contributed by atoms with E-state index in [1.165, 1.54) is 0 Å². The highest BCUT2D eigenvalue weighted by Gasteiger charge is 1.99. The zero-order valence-electron chi connectivity index (χ0n) is 8.91. The second-order valence-electron chi connectivity index (χ2n) is 2.86. The number of aromatic nitrogens is 1. The predicted octanol–water partition coefficient (Wildman–Crippen LogP) is 3.15. The first-order chi connectivity index (χ1) is 6.79. The van der Waals surface area contributed by atoms with Crippen LogP contribution in [0, 0.1) is 6.92 Å². The van der Waals surface area contributed by atoms with E-state index < -0.39 is 0 Å². The number of nitrogens with zero attached hydrogens (tertiary/aromatic N) is 1. The van der Waals surface area contributed by atoms with E-state index >= 15 is 0 Å². The second kappa shape index (κ2) is 4.61. The monoisotopic (exact) mass is 188 g/mol. The largest absolute Gasteiger partial charge is 0.397 e. The molecule has 2 rings (SSSR count). The summed E-state index contributed by atoms with van der Waals surface area (Å²) in [5.74, 6) is 0. The molecular formula is C12H16N2. The molecule has 0 aliphatic carbocycles. The minimum absolute atomic E-state index is 0.758. The summed E-state index contributed by atoms with van der Waals surface area (Å²) in [6.45, 7) is 6.01. The highest BCUT2D eigenvalue weighted by Crippen LogP contribution is 2.19. The van der Waals surface area contributed by atoms with Gasteiger partial charge in [0.25, 0.3) is 0 Å². The normalized spacial score (nSPS) is 9.36. The highest BCUT2D eigenvalue weighted by atomic mass is 14.7. The third-order valence-corrected chi connectivity index (χ3v) is 2.08. The van der Waals surface area contributed by atoms with Crippen LogP contribution in [-0.2, 0) is 0 Å². The van der Waals surface area contributed by atoms with Crippen molar-refractivity contribution in [2.45, 2.75) is 20.8 Å². The Bertz CT molecular complexity index is 422. The van der Waals surface area contributed by atoms with Gasteiger partial charge in [-0.05, 0) is 18.6 Å². The molecular weight excluding hydrogens is 172 g/mol. The Morgan fingerprint density at radius 1 is 1.14 bits per heavy atom. The molecule has 0 bridgehead atoms. The van der Waals surface area contributed by atoms with E-state index in [2.05, 4.69) is 4.98 Å². The quantitative estimate of drug-likeness (QED) is 0.689. The van der Waals surface area contributed by atoms with E-state index in [1.807, 2.05) is 45.0 Å². The number of pyridine rings is 1. The van der Waals surface area contributed by atoms with Crippen molar-refractivity contribution in [3.63, 3.8) is 0 Å². The summed E-state index contributed by atoms with van der Waals surface area (Å²) in [6, 6.07) is 8.00. The van der Waals surface area contributed by atoms with Crippen molar-refractivity contribution >= 4 is 16.6 Å². The van der Waals surface area contributed by atoms with E-state index in [0.29, 0.717) is 0 Å². The smallest absolute Gasteiger partial charge is 0.0706 e. The van der Waals surface area contributed by atoms with Gasteiger partial charge in [-0.1, -0.05) is 32.0 Å². The van der Waals surface area contributed by atoms with Gasteiger partial charge in [0.2, 0.25) is 0 Å². The topological polar surface area (TPSA) is 38.9 Å². The standard InChI is InChI=1S/C10H10N2.C2H6/c1-7-8-4-2-3-5-10(8)12-6-9(7)11;1-2/h2-6H,11H2,1H3;1-2H3. The van der Waals surface area contributed by atoms with Gasteiger partial charge >= 0.3 is 0 Å². The fourth-order valence-electron chi connectivity index (χ4n) is 1.29. The summed E-state index contributed by atoms with van der Waals surface area (Å²) in [4.78, 5) is 4.22. The van der Waals surface area contributed by atoms with Crippen LogP contribution in [0.1, 0.15) is 19.4 Å². The van der Waals surface area contributed by atoms with Crippen molar-refractivity contribution in [1.29, 1.82) is 0 Å². The first-order valence-corrected chi connectivity index (χ1v) is 4.89. The number of aryl methyl sites for hydroxylation is 1. The van der Waals surface area contributed by atoms with Gasteiger partial charge in [-0.3, -0.25) is 4.98 Å². The van der Waals surface area contributed by atoms with Crippen molar-refractivity contribution in [2.24, 2.45) is 0 Å². The SMILES string of the molecule is CC.Cc1c(N)cnc2ccccc12. The predicted molar refractivity (Wildman–Crippen MR) is 62.2 cm³/mol. The van der Waals surface area contributed by atoms with E-state index in [9.17, 15) is 0 Å². The van der Waals surface area contributed by atoms with Crippen LogP contribution in [0.2, 0.25) is 0 Å². The van der Waals surface area contributed by atoms with Crippen molar-refractivity contribution < 1.29 is 0 Å². The Hall–Kier alpha value is -1.57. The summed E-state index contributed by atoms with van der Waals surface area (Å²) in [7, 11) is 0. The maximum Gasteiger partial charge on any atom is 0.0706 e. The van der Waals surface area contributed by atoms with Crippen LogP contribution in [0.3, 0.4) is 0 Å². The third-order valence-electron chi connectivity index (χ3n) is 2.08. The molecule has 0 radical (unpaired) electrons. The molecule has 14 heavy (non-hydrogen) atoms. The Kier molecular flexibility index (Phi) is 3.46. The van der Waals surface area contributed by atoms with E-state index in [0.717, 1.165) is 22.2 Å². The average molecular weight is 188 g/mol. The molecule has 2 aromatic rings. The number of anilines is 1. The molecule has 0 unspecified atom stereocenters. The van der Waals surface area contributed by atoms with Gasteiger partial charge in [0.1, 0.15) is 0 Å². The van der Waals surface area contributed by atoms with Gasteiger partial charge < -0.3 is 5.73 Å². The maximum atomic E-state index is 5.72. The summed E-state index contributed by atoms with van der Waals surface area (Å²) in [5, 5.41) is 1.14. The zero-order valence-corrected chi connectivity index (χ0v) is 8.91. The first kappa shape index (κ1) is 10.5. The molecule has 0 spiro atoms. The van der Waals surface area contributed by atoms with Crippen LogP contribution in [0.25, 0.3) is 10.9 Å². The van der Waals surface area contributed by atoms with Crippen LogP contribution < -0.4 is 5.73 Å². The van der Waals surface area contributed by atoms with Crippen LogP contribution in [0.4, 0.5) is 5.69 Å². The number of rotatable bonds is 0. The van der Waals surface area contributed by atoms with E-state index in [-0.39, 0.29) is 0 Å². The van der Waals surface area contributed by atoms with Crippen molar-refractivity contribution in [3.8, 4) is 0 Å². The Morgan fingerprint density at radius 2 is 1.79 bits per heavy atom. The number of hydrogen-bond acceptors (Lipinski definition) is 2. The van der Waals surface area contributed by atoms with Gasteiger partial charge in [0.05, 0.1) is 17.4 Å². The number of benzene rings is 1. The third kappa shape index (κ3) is 1.84. The molecule has 74 valence electrons. The molecule has 0 aliphatic heterocycles. The van der Waals surface area contributed by atoms with E-state index in [4.69, 9.17) is 5.73 Å². The average Bonchev–Trinajstić information content (AvgIpc) is 2.27.